The maximum absolute atomic E-state index is 6.95. The maximum atomic E-state index is 6.95. The van der Waals surface area contributed by atoms with E-state index >= 15 is 0 Å². The van der Waals surface area contributed by atoms with Crippen molar-refractivity contribution in [2.24, 2.45) is 0 Å². The third kappa shape index (κ3) is 5.25. The average Bonchev–Trinajstić information content (AvgIpc) is 3.78. The summed E-state index contributed by atoms with van der Waals surface area (Å²) in [5.74, 6) is 0.901. The Morgan fingerprint density at radius 1 is 0.386 bits per heavy atom. The van der Waals surface area contributed by atoms with Crippen molar-refractivity contribution in [3.05, 3.63) is 211 Å². The predicted octanol–water partition coefficient (Wildman–Crippen LogP) is 15.5. The van der Waals surface area contributed by atoms with Gasteiger partial charge in [-0.1, -0.05) is 166 Å². The van der Waals surface area contributed by atoms with Gasteiger partial charge in [-0.3, -0.25) is 0 Å². The maximum Gasteiger partial charge on any atom is 0.143 e. The summed E-state index contributed by atoms with van der Waals surface area (Å²) in [7, 11) is 0. The number of hydrogen-bond donors (Lipinski definition) is 0. The zero-order valence-corrected chi connectivity index (χ0v) is 31.9. The van der Waals surface area contributed by atoms with Gasteiger partial charge in [-0.15, -0.1) is 0 Å². The van der Waals surface area contributed by atoms with E-state index in [4.69, 9.17) is 4.42 Å². The van der Waals surface area contributed by atoms with Crippen LogP contribution in [-0.4, -0.2) is 0 Å². The fourth-order valence-corrected chi connectivity index (χ4v) is 9.28. The van der Waals surface area contributed by atoms with Crippen molar-refractivity contribution < 1.29 is 4.42 Å². The molecule has 0 radical (unpaired) electrons. The van der Waals surface area contributed by atoms with Gasteiger partial charge in [0, 0.05) is 44.4 Å². The summed E-state index contributed by atoms with van der Waals surface area (Å²) in [5, 5.41) is 5.89. The molecule has 2 nitrogen and oxygen atoms in total. The highest BCUT2D eigenvalue weighted by atomic mass is 16.3. The lowest BCUT2D eigenvalue weighted by Gasteiger charge is -2.28. The molecule has 0 atom stereocenters. The summed E-state index contributed by atoms with van der Waals surface area (Å²) < 4.78 is 6.95. The minimum atomic E-state index is -0.194. The average molecular weight is 730 g/mol. The molecule has 270 valence electrons. The molecular weight excluding hydrogens is 691 g/mol. The van der Waals surface area contributed by atoms with E-state index in [9.17, 15) is 0 Å². The summed E-state index contributed by atoms with van der Waals surface area (Å²) >= 11 is 0. The highest BCUT2D eigenvalue weighted by molar-refractivity contribution is 6.29. The molecule has 0 spiro atoms. The fourth-order valence-electron chi connectivity index (χ4n) is 9.28. The monoisotopic (exact) mass is 729 g/mol. The van der Waals surface area contributed by atoms with Gasteiger partial charge in [-0.05, 0) is 104 Å². The summed E-state index contributed by atoms with van der Waals surface area (Å²) in [5.41, 5.74) is 15.3. The van der Waals surface area contributed by atoms with Crippen LogP contribution < -0.4 is 4.90 Å². The van der Waals surface area contributed by atoms with E-state index in [0.717, 1.165) is 55.9 Å². The lowest BCUT2D eigenvalue weighted by Crippen LogP contribution is -2.16. The van der Waals surface area contributed by atoms with Crippen LogP contribution in [-0.2, 0) is 5.41 Å². The van der Waals surface area contributed by atoms with Crippen molar-refractivity contribution >= 4 is 49.6 Å². The lowest BCUT2D eigenvalue weighted by molar-refractivity contribution is 0.636. The second-order valence-corrected chi connectivity index (χ2v) is 15.7. The van der Waals surface area contributed by atoms with Crippen LogP contribution in [0.4, 0.5) is 17.1 Å². The number of fused-ring (bicyclic) bond motifs is 9. The van der Waals surface area contributed by atoms with E-state index in [1.807, 2.05) is 0 Å². The van der Waals surface area contributed by atoms with Crippen LogP contribution in [0.25, 0.3) is 77.2 Å². The summed E-state index contributed by atoms with van der Waals surface area (Å²) in [4.78, 5) is 2.35. The van der Waals surface area contributed by atoms with Gasteiger partial charge in [0.2, 0.25) is 0 Å². The third-order valence-corrected chi connectivity index (χ3v) is 12.0. The van der Waals surface area contributed by atoms with Crippen molar-refractivity contribution in [1.29, 1.82) is 0 Å². The number of benzene rings is 9. The molecule has 0 aliphatic heterocycles. The molecule has 0 saturated heterocycles. The van der Waals surface area contributed by atoms with Gasteiger partial charge in [0.15, 0.2) is 0 Å². The molecule has 1 heterocycles. The molecule has 0 saturated carbocycles. The van der Waals surface area contributed by atoms with Crippen LogP contribution in [0.15, 0.2) is 205 Å². The van der Waals surface area contributed by atoms with E-state index in [2.05, 4.69) is 219 Å². The quantitative estimate of drug-likeness (QED) is 0.158. The van der Waals surface area contributed by atoms with Crippen LogP contribution in [0.2, 0.25) is 0 Å². The summed E-state index contributed by atoms with van der Waals surface area (Å²) in [6.45, 7) is 4.75. The van der Waals surface area contributed by atoms with Crippen LogP contribution in [0.5, 0.6) is 0 Å². The Morgan fingerprint density at radius 3 is 1.58 bits per heavy atom. The molecule has 2 heteroatoms. The van der Waals surface area contributed by atoms with Crippen molar-refractivity contribution in [1.82, 2.24) is 0 Å². The second-order valence-electron chi connectivity index (χ2n) is 15.7. The van der Waals surface area contributed by atoms with Gasteiger partial charge in [-0.25, -0.2) is 0 Å². The second kappa shape index (κ2) is 13.0. The predicted molar refractivity (Wildman–Crippen MR) is 240 cm³/mol. The Balaban J connectivity index is 1.06. The number of para-hydroxylation sites is 2. The fraction of sp³-hybridized carbons (Fsp3) is 0.0545. The first-order chi connectivity index (χ1) is 28.0. The van der Waals surface area contributed by atoms with E-state index in [1.165, 1.54) is 49.5 Å². The summed E-state index contributed by atoms with van der Waals surface area (Å²) in [6.07, 6.45) is 0. The molecule has 57 heavy (non-hydrogen) atoms. The van der Waals surface area contributed by atoms with E-state index in [0.29, 0.717) is 0 Å². The number of hydrogen-bond acceptors (Lipinski definition) is 2. The van der Waals surface area contributed by atoms with Crippen LogP contribution in [0.3, 0.4) is 0 Å². The van der Waals surface area contributed by atoms with Crippen LogP contribution in [0.1, 0.15) is 25.0 Å². The van der Waals surface area contributed by atoms with Crippen molar-refractivity contribution in [3.63, 3.8) is 0 Å². The SMILES string of the molecule is CC1(C)c2cc(-c3ccc4c(c3)c3ccccc3c3oc(-c5ccccc5)c(-c5ccccc5)c43)ccc2-c2ccc(N(c3ccccc3)c3ccccc3)cc21. The molecule has 1 aliphatic carbocycles. The first kappa shape index (κ1) is 33.2. The van der Waals surface area contributed by atoms with Crippen molar-refractivity contribution in [2.75, 3.05) is 4.90 Å². The molecule has 0 fully saturated rings. The normalized spacial score (nSPS) is 12.9. The van der Waals surface area contributed by atoms with Gasteiger partial charge in [0.1, 0.15) is 11.3 Å². The molecule has 1 aliphatic rings. The van der Waals surface area contributed by atoms with E-state index in [1.54, 1.807) is 0 Å². The molecule has 0 bridgehead atoms. The van der Waals surface area contributed by atoms with E-state index < -0.39 is 0 Å². The Hall–Kier alpha value is -7.16. The number of rotatable bonds is 6. The van der Waals surface area contributed by atoms with E-state index in [-0.39, 0.29) is 5.41 Å². The highest BCUT2D eigenvalue weighted by Gasteiger charge is 2.36. The van der Waals surface area contributed by atoms with Gasteiger partial charge in [-0.2, -0.15) is 0 Å². The Morgan fingerprint density at radius 2 is 0.912 bits per heavy atom. The molecule has 0 unspecified atom stereocenters. The zero-order valence-electron chi connectivity index (χ0n) is 31.9. The van der Waals surface area contributed by atoms with Gasteiger partial charge in [0.25, 0.3) is 0 Å². The molecule has 9 aromatic carbocycles. The molecule has 0 N–H and O–H groups in total. The standard InChI is InChI=1S/C55H39NO/c1-55(2)49-34-39(27-30-44(49)45-32-29-42(35-50(45)55)56(40-21-11-5-12-22-40)41-23-13-6-14-24-41)38-28-31-46-48(33-38)43-25-15-16-26-47(43)54-52(46)51(36-17-7-3-8-18-36)53(57-54)37-19-9-4-10-20-37/h3-35H,1-2H3. The lowest BCUT2D eigenvalue weighted by atomic mass is 9.81. The smallest absolute Gasteiger partial charge is 0.143 e. The Bertz CT molecular complexity index is 3090. The number of furan rings is 1. The first-order valence-corrected chi connectivity index (χ1v) is 19.8. The Kier molecular flexibility index (Phi) is 7.55. The van der Waals surface area contributed by atoms with Crippen LogP contribution >= 0.6 is 0 Å². The molecular formula is C55H39NO. The first-order valence-electron chi connectivity index (χ1n) is 19.8. The molecule has 0 amide bonds. The minimum Gasteiger partial charge on any atom is -0.455 e. The summed E-state index contributed by atoms with van der Waals surface area (Å²) in [6, 6.07) is 72.3. The minimum absolute atomic E-state index is 0.194. The molecule has 1 aromatic heterocycles. The third-order valence-electron chi connectivity index (χ3n) is 12.0. The van der Waals surface area contributed by atoms with Crippen molar-refractivity contribution in [2.45, 2.75) is 19.3 Å². The number of anilines is 3. The number of nitrogens with zero attached hydrogens (tertiary/aromatic N) is 1. The zero-order chi connectivity index (χ0) is 38.1. The molecule has 10 aromatic rings. The largest absolute Gasteiger partial charge is 0.455 e. The Labute approximate surface area is 332 Å². The molecule has 11 rings (SSSR count). The topological polar surface area (TPSA) is 16.4 Å². The van der Waals surface area contributed by atoms with Gasteiger partial charge < -0.3 is 9.32 Å². The van der Waals surface area contributed by atoms with Gasteiger partial charge in [0.05, 0.1) is 0 Å². The van der Waals surface area contributed by atoms with Crippen LogP contribution in [0, 0.1) is 0 Å². The highest BCUT2D eigenvalue weighted by Crippen LogP contribution is 2.52. The van der Waals surface area contributed by atoms with Crippen molar-refractivity contribution in [3.8, 4) is 44.7 Å². The van der Waals surface area contributed by atoms with Gasteiger partial charge >= 0.3 is 0 Å².